The van der Waals surface area contributed by atoms with Gasteiger partial charge in [0.2, 0.25) is 11.8 Å². The highest BCUT2D eigenvalue weighted by atomic mass is 79.9. The van der Waals surface area contributed by atoms with Crippen LogP contribution in [0.4, 0.5) is 0 Å². The zero-order chi connectivity index (χ0) is 13.1. The predicted molar refractivity (Wildman–Crippen MR) is 63.8 cm³/mol. The number of aromatic nitrogens is 4. The van der Waals surface area contributed by atoms with Crippen molar-refractivity contribution in [3.63, 3.8) is 0 Å². The third kappa shape index (κ3) is 2.95. The number of aryl methyl sites for hydroxylation is 1. The van der Waals surface area contributed by atoms with Gasteiger partial charge in [-0.25, -0.2) is 0 Å². The summed E-state index contributed by atoms with van der Waals surface area (Å²) in [5, 5.41) is 11.8. The highest BCUT2D eigenvalue weighted by Gasteiger charge is 2.12. The van der Waals surface area contributed by atoms with Crippen LogP contribution in [0.1, 0.15) is 17.5 Å². The molecule has 0 bridgehead atoms. The van der Waals surface area contributed by atoms with Gasteiger partial charge in [0.25, 0.3) is 0 Å². The molecule has 18 heavy (non-hydrogen) atoms. The van der Waals surface area contributed by atoms with Crippen molar-refractivity contribution in [1.29, 1.82) is 0 Å². The van der Waals surface area contributed by atoms with Gasteiger partial charge in [-0.2, -0.15) is 5.10 Å². The zero-order valence-corrected chi connectivity index (χ0v) is 11.5. The smallest absolute Gasteiger partial charge is 0.315 e. The van der Waals surface area contributed by atoms with Crippen LogP contribution in [0.15, 0.2) is 15.1 Å². The van der Waals surface area contributed by atoms with Gasteiger partial charge in [-0.05, 0) is 22.9 Å². The standard InChI is InChI=1S/C10H11BrN4O3/c1-6-7(11)4-15(14-6)5-9-13-12-8(18-9)3-10(16)17-2/h4H,3,5H2,1-2H3. The van der Waals surface area contributed by atoms with E-state index in [-0.39, 0.29) is 12.3 Å². The molecule has 0 spiro atoms. The van der Waals surface area contributed by atoms with Crippen LogP contribution >= 0.6 is 15.9 Å². The summed E-state index contributed by atoms with van der Waals surface area (Å²) in [6.07, 6.45) is 1.80. The summed E-state index contributed by atoms with van der Waals surface area (Å²) in [6.45, 7) is 2.25. The normalized spacial score (nSPS) is 10.6. The molecule has 0 saturated carbocycles. The molecule has 0 radical (unpaired) electrons. The van der Waals surface area contributed by atoms with Gasteiger partial charge in [-0.15, -0.1) is 10.2 Å². The van der Waals surface area contributed by atoms with E-state index >= 15 is 0 Å². The Morgan fingerprint density at radius 2 is 2.22 bits per heavy atom. The molecule has 0 aliphatic heterocycles. The number of hydrogen-bond donors (Lipinski definition) is 0. The summed E-state index contributed by atoms with van der Waals surface area (Å²) in [5.41, 5.74) is 0.879. The number of methoxy groups -OCH3 is 1. The monoisotopic (exact) mass is 314 g/mol. The van der Waals surface area contributed by atoms with Crippen LogP contribution in [-0.4, -0.2) is 33.1 Å². The number of carbonyl (C=O) groups excluding carboxylic acids is 1. The molecule has 0 aliphatic carbocycles. The van der Waals surface area contributed by atoms with E-state index in [1.54, 1.807) is 4.68 Å². The fourth-order valence-electron chi connectivity index (χ4n) is 1.33. The van der Waals surface area contributed by atoms with E-state index in [9.17, 15) is 4.79 Å². The molecule has 7 nitrogen and oxygen atoms in total. The molecule has 2 heterocycles. The Morgan fingerprint density at radius 1 is 1.50 bits per heavy atom. The van der Waals surface area contributed by atoms with Crippen molar-refractivity contribution in [3.8, 4) is 0 Å². The maximum absolute atomic E-state index is 11.0. The number of nitrogens with zero attached hydrogens (tertiary/aromatic N) is 4. The molecule has 0 saturated heterocycles. The van der Waals surface area contributed by atoms with E-state index < -0.39 is 5.97 Å². The van der Waals surface area contributed by atoms with Crippen molar-refractivity contribution in [3.05, 3.63) is 28.1 Å². The highest BCUT2D eigenvalue weighted by molar-refractivity contribution is 9.10. The van der Waals surface area contributed by atoms with Gasteiger partial charge in [-0.1, -0.05) is 0 Å². The van der Waals surface area contributed by atoms with Gasteiger partial charge in [-0.3, -0.25) is 9.48 Å². The second-order valence-corrected chi connectivity index (χ2v) is 4.46. The molecule has 96 valence electrons. The minimum absolute atomic E-state index is 0.0225. The summed E-state index contributed by atoms with van der Waals surface area (Å²) in [7, 11) is 1.31. The summed E-state index contributed by atoms with van der Waals surface area (Å²) >= 11 is 3.37. The van der Waals surface area contributed by atoms with Crippen molar-refractivity contribution in [2.45, 2.75) is 19.9 Å². The molecule has 0 unspecified atom stereocenters. The largest absolute Gasteiger partial charge is 0.469 e. The van der Waals surface area contributed by atoms with Gasteiger partial charge in [0.05, 0.1) is 17.3 Å². The second kappa shape index (κ2) is 5.30. The lowest BCUT2D eigenvalue weighted by molar-refractivity contribution is -0.140. The summed E-state index contributed by atoms with van der Waals surface area (Å²) < 4.78 is 12.4. The van der Waals surface area contributed by atoms with E-state index in [0.29, 0.717) is 12.4 Å². The number of hydrogen-bond acceptors (Lipinski definition) is 6. The van der Waals surface area contributed by atoms with E-state index in [2.05, 4.69) is 36.0 Å². The number of ether oxygens (including phenoxy) is 1. The molecule has 0 aromatic carbocycles. The molecular weight excluding hydrogens is 304 g/mol. The molecular formula is C10H11BrN4O3. The van der Waals surface area contributed by atoms with Gasteiger partial charge in [0, 0.05) is 6.20 Å². The first-order valence-electron chi connectivity index (χ1n) is 5.16. The van der Waals surface area contributed by atoms with Crippen LogP contribution in [0.3, 0.4) is 0 Å². The van der Waals surface area contributed by atoms with Gasteiger partial charge >= 0.3 is 5.97 Å². The maximum Gasteiger partial charge on any atom is 0.315 e. The zero-order valence-electron chi connectivity index (χ0n) is 9.88. The van der Waals surface area contributed by atoms with E-state index in [1.807, 2.05) is 13.1 Å². The first kappa shape index (κ1) is 12.7. The highest BCUT2D eigenvalue weighted by Crippen LogP contribution is 2.14. The van der Waals surface area contributed by atoms with Crippen LogP contribution < -0.4 is 0 Å². The Hall–Kier alpha value is -1.70. The SMILES string of the molecule is COC(=O)Cc1nnc(Cn2cc(Br)c(C)n2)o1. The molecule has 0 atom stereocenters. The lowest BCUT2D eigenvalue weighted by Gasteiger charge is -1.95. The first-order valence-corrected chi connectivity index (χ1v) is 5.95. The molecule has 2 rings (SSSR count). The van der Waals surface area contributed by atoms with Crippen molar-refractivity contribution < 1.29 is 13.9 Å². The predicted octanol–water partition coefficient (Wildman–Crippen LogP) is 1.10. The fraction of sp³-hybridized carbons (Fsp3) is 0.400. The van der Waals surface area contributed by atoms with Crippen LogP contribution in [0.25, 0.3) is 0 Å². The molecule has 0 N–H and O–H groups in total. The Morgan fingerprint density at radius 3 is 2.83 bits per heavy atom. The van der Waals surface area contributed by atoms with Gasteiger partial charge in [0.15, 0.2) is 0 Å². The van der Waals surface area contributed by atoms with Crippen molar-refractivity contribution in [2.75, 3.05) is 7.11 Å². The van der Waals surface area contributed by atoms with E-state index in [0.717, 1.165) is 10.2 Å². The average Bonchev–Trinajstić information content (AvgIpc) is 2.87. The third-order valence-corrected chi connectivity index (χ3v) is 2.99. The lowest BCUT2D eigenvalue weighted by atomic mass is 10.4. The Bertz CT molecular complexity index is 544. The minimum Gasteiger partial charge on any atom is -0.469 e. The van der Waals surface area contributed by atoms with Crippen LogP contribution in [-0.2, 0) is 22.5 Å². The molecule has 0 fully saturated rings. The first-order chi connectivity index (χ1) is 8.58. The van der Waals surface area contributed by atoms with Crippen LogP contribution in [0, 0.1) is 6.92 Å². The average molecular weight is 315 g/mol. The van der Waals surface area contributed by atoms with Gasteiger partial charge in [0.1, 0.15) is 13.0 Å². The number of halogens is 1. The van der Waals surface area contributed by atoms with Crippen LogP contribution in [0.5, 0.6) is 0 Å². The maximum atomic E-state index is 11.0. The fourth-order valence-corrected chi connectivity index (χ4v) is 1.65. The number of esters is 1. The van der Waals surface area contributed by atoms with E-state index in [1.165, 1.54) is 7.11 Å². The van der Waals surface area contributed by atoms with Gasteiger partial charge < -0.3 is 9.15 Å². The van der Waals surface area contributed by atoms with Crippen molar-refractivity contribution in [2.24, 2.45) is 0 Å². The van der Waals surface area contributed by atoms with E-state index in [4.69, 9.17) is 4.42 Å². The quantitative estimate of drug-likeness (QED) is 0.786. The molecule has 8 heteroatoms. The molecule has 2 aromatic heterocycles. The minimum atomic E-state index is -0.414. The number of rotatable bonds is 4. The molecule has 0 aliphatic rings. The van der Waals surface area contributed by atoms with Crippen LogP contribution in [0.2, 0.25) is 0 Å². The molecule has 2 aromatic rings. The van der Waals surface area contributed by atoms with Crippen molar-refractivity contribution in [1.82, 2.24) is 20.0 Å². The second-order valence-electron chi connectivity index (χ2n) is 3.60. The Labute approximate surface area is 111 Å². The Kier molecular flexibility index (Phi) is 3.75. The number of carbonyl (C=O) groups is 1. The third-order valence-electron chi connectivity index (χ3n) is 2.22. The summed E-state index contributed by atoms with van der Waals surface area (Å²) in [4.78, 5) is 11.0. The van der Waals surface area contributed by atoms with Crippen molar-refractivity contribution >= 4 is 21.9 Å². The summed E-state index contributed by atoms with van der Waals surface area (Å²) in [6, 6.07) is 0. The topological polar surface area (TPSA) is 83.0 Å². The summed E-state index contributed by atoms with van der Waals surface area (Å²) in [5.74, 6) is 0.214. The molecule has 0 amide bonds. The Balaban J connectivity index is 2.04. The lowest BCUT2D eigenvalue weighted by Crippen LogP contribution is -2.04.